The molecule has 6 aromatic rings. The van der Waals surface area contributed by atoms with E-state index in [2.05, 4.69) is 132 Å². The fraction of sp³-hybridized carbons (Fsp3) is 0.125. The molecule has 6 rings (SSSR count). The first kappa shape index (κ1) is 20.6. The molecule has 0 aliphatic heterocycles. The molecular formula is C32H28N2. The van der Waals surface area contributed by atoms with Crippen LogP contribution in [0.2, 0.25) is 0 Å². The molecule has 0 radical (unpaired) electrons. The van der Waals surface area contributed by atoms with Crippen LogP contribution < -0.4 is 0 Å². The van der Waals surface area contributed by atoms with E-state index in [1.165, 1.54) is 55.3 Å². The number of para-hydroxylation sites is 2. The predicted molar refractivity (Wildman–Crippen MR) is 143 cm³/mol. The van der Waals surface area contributed by atoms with Crippen molar-refractivity contribution in [1.29, 1.82) is 0 Å². The Morgan fingerprint density at radius 1 is 0.588 bits per heavy atom. The maximum atomic E-state index is 2.50. The SMILES string of the molecule is Cc1cccc2c(-c3cc4cccc(C)c4n3Cc3ccccc3)cn(Cc3ccccc3)c12. The Morgan fingerprint density at radius 2 is 1.21 bits per heavy atom. The Kier molecular flexibility index (Phi) is 5.07. The second-order valence-electron chi connectivity index (χ2n) is 9.24. The first-order valence-corrected chi connectivity index (χ1v) is 11.9. The molecule has 0 saturated heterocycles. The summed E-state index contributed by atoms with van der Waals surface area (Å²) in [6.07, 6.45) is 2.36. The number of nitrogens with zero attached hydrogens (tertiary/aromatic N) is 2. The summed E-state index contributed by atoms with van der Waals surface area (Å²) >= 11 is 0. The van der Waals surface area contributed by atoms with Crippen molar-refractivity contribution in [3.63, 3.8) is 0 Å². The average Bonchev–Trinajstić information content (AvgIpc) is 3.40. The first-order valence-electron chi connectivity index (χ1n) is 11.9. The highest BCUT2D eigenvalue weighted by Crippen LogP contribution is 2.37. The van der Waals surface area contributed by atoms with Gasteiger partial charge < -0.3 is 9.13 Å². The second-order valence-corrected chi connectivity index (χ2v) is 9.24. The number of aryl methyl sites for hydroxylation is 2. The van der Waals surface area contributed by atoms with Gasteiger partial charge in [0.05, 0.1) is 16.7 Å². The number of benzene rings is 4. The monoisotopic (exact) mass is 440 g/mol. The van der Waals surface area contributed by atoms with E-state index in [9.17, 15) is 0 Å². The Balaban J connectivity index is 1.60. The average molecular weight is 441 g/mol. The van der Waals surface area contributed by atoms with Gasteiger partial charge in [0, 0.05) is 35.6 Å². The molecule has 166 valence electrons. The molecule has 34 heavy (non-hydrogen) atoms. The van der Waals surface area contributed by atoms with E-state index in [4.69, 9.17) is 0 Å². The number of rotatable bonds is 5. The van der Waals surface area contributed by atoms with Crippen molar-refractivity contribution >= 4 is 21.8 Å². The molecule has 0 unspecified atom stereocenters. The summed E-state index contributed by atoms with van der Waals surface area (Å²) in [7, 11) is 0. The first-order chi connectivity index (χ1) is 16.7. The predicted octanol–water partition coefficient (Wildman–Crippen LogP) is 7.98. The lowest BCUT2D eigenvalue weighted by Gasteiger charge is -2.12. The van der Waals surface area contributed by atoms with Crippen molar-refractivity contribution in [2.45, 2.75) is 26.9 Å². The smallest absolute Gasteiger partial charge is 0.0520 e. The summed E-state index contributed by atoms with van der Waals surface area (Å²) in [5, 5.41) is 2.60. The zero-order valence-corrected chi connectivity index (χ0v) is 19.7. The van der Waals surface area contributed by atoms with Gasteiger partial charge in [-0.1, -0.05) is 97.1 Å². The molecule has 0 spiro atoms. The third kappa shape index (κ3) is 3.52. The van der Waals surface area contributed by atoms with Crippen LogP contribution in [0.1, 0.15) is 22.3 Å². The fourth-order valence-corrected chi connectivity index (χ4v) is 5.32. The molecular weight excluding hydrogens is 412 g/mol. The summed E-state index contributed by atoms with van der Waals surface area (Å²) in [4.78, 5) is 0. The van der Waals surface area contributed by atoms with E-state index in [0.29, 0.717) is 0 Å². The normalized spacial score (nSPS) is 11.5. The standard InChI is InChI=1S/C32H28N2/c1-23-11-9-17-27-19-30(34(31(23)27)21-26-15-7-4-8-16-26)29-22-33(20-25-13-5-3-6-14-25)32-24(2)12-10-18-28(29)32/h3-19,22H,20-21H2,1-2H3. The third-order valence-electron chi connectivity index (χ3n) is 6.88. The Morgan fingerprint density at radius 3 is 1.91 bits per heavy atom. The maximum Gasteiger partial charge on any atom is 0.0520 e. The fourth-order valence-electron chi connectivity index (χ4n) is 5.32. The number of hydrogen-bond donors (Lipinski definition) is 0. The highest BCUT2D eigenvalue weighted by Gasteiger charge is 2.18. The van der Waals surface area contributed by atoms with Crippen LogP contribution in [-0.4, -0.2) is 9.13 Å². The molecule has 0 aliphatic rings. The van der Waals surface area contributed by atoms with Crippen LogP contribution in [0.25, 0.3) is 33.1 Å². The lowest BCUT2D eigenvalue weighted by Crippen LogP contribution is -2.02. The quantitative estimate of drug-likeness (QED) is 0.257. The zero-order valence-electron chi connectivity index (χ0n) is 19.7. The van der Waals surface area contributed by atoms with Gasteiger partial charge in [-0.3, -0.25) is 0 Å². The van der Waals surface area contributed by atoms with Crippen LogP contribution in [0.5, 0.6) is 0 Å². The van der Waals surface area contributed by atoms with Gasteiger partial charge in [-0.2, -0.15) is 0 Å². The molecule has 0 aliphatic carbocycles. The van der Waals surface area contributed by atoms with Gasteiger partial charge in [0.1, 0.15) is 0 Å². The van der Waals surface area contributed by atoms with Gasteiger partial charge in [-0.25, -0.2) is 0 Å². The van der Waals surface area contributed by atoms with Crippen molar-refractivity contribution in [2.75, 3.05) is 0 Å². The van der Waals surface area contributed by atoms with Crippen molar-refractivity contribution in [3.05, 3.63) is 132 Å². The summed E-state index contributed by atoms with van der Waals surface area (Å²) in [5.74, 6) is 0. The zero-order chi connectivity index (χ0) is 23.1. The molecule has 2 aromatic heterocycles. The van der Waals surface area contributed by atoms with E-state index in [1.54, 1.807) is 0 Å². The van der Waals surface area contributed by atoms with E-state index < -0.39 is 0 Å². The molecule has 0 amide bonds. The van der Waals surface area contributed by atoms with Crippen LogP contribution in [0, 0.1) is 13.8 Å². The van der Waals surface area contributed by atoms with Gasteiger partial charge in [-0.05, 0) is 42.2 Å². The minimum absolute atomic E-state index is 0.849. The van der Waals surface area contributed by atoms with Crippen LogP contribution in [0.15, 0.2) is 109 Å². The molecule has 2 heterocycles. The molecule has 0 fully saturated rings. The molecule has 2 heteroatoms. The number of fused-ring (bicyclic) bond motifs is 2. The molecule has 0 saturated carbocycles. The molecule has 0 atom stereocenters. The highest BCUT2D eigenvalue weighted by molar-refractivity contribution is 6.00. The number of hydrogen-bond acceptors (Lipinski definition) is 0. The summed E-state index contributed by atoms with van der Waals surface area (Å²) < 4.78 is 4.93. The second kappa shape index (κ2) is 8.39. The lowest BCUT2D eigenvalue weighted by molar-refractivity contribution is 0.827. The van der Waals surface area contributed by atoms with Gasteiger partial charge in [0.15, 0.2) is 0 Å². The summed E-state index contributed by atoms with van der Waals surface area (Å²) in [5.41, 5.74) is 10.4. The molecule has 4 aromatic carbocycles. The molecule has 0 N–H and O–H groups in total. The van der Waals surface area contributed by atoms with Crippen LogP contribution in [0.4, 0.5) is 0 Å². The van der Waals surface area contributed by atoms with E-state index in [-0.39, 0.29) is 0 Å². The lowest BCUT2D eigenvalue weighted by atomic mass is 10.1. The number of aromatic nitrogens is 2. The van der Waals surface area contributed by atoms with Crippen molar-refractivity contribution < 1.29 is 0 Å². The maximum absolute atomic E-state index is 2.50. The van der Waals surface area contributed by atoms with Gasteiger partial charge in [-0.15, -0.1) is 0 Å². The molecule has 0 bridgehead atoms. The van der Waals surface area contributed by atoms with Crippen molar-refractivity contribution in [3.8, 4) is 11.3 Å². The largest absolute Gasteiger partial charge is 0.342 e. The van der Waals surface area contributed by atoms with Gasteiger partial charge in [0.25, 0.3) is 0 Å². The van der Waals surface area contributed by atoms with Crippen molar-refractivity contribution in [1.82, 2.24) is 9.13 Å². The minimum Gasteiger partial charge on any atom is -0.342 e. The summed E-state index contributed by atoms with van der Waals surface area (Å²) in [6, 6.07) is 37.2. The van der Waals surface area contributed by atoms with Gasteiger partial charge >= 0.3 is 0 Å². The van der Waals surface area contributed by atoms with Crippen molar-refractivity contribution in [2.24, 2.45) is 0 Å². The Bertz CT molecular complexity index is 1600. The van der Waals surface area contributed by atoms with E-state index >= 15 is 0 Å². The van der Waals surface area contributed by atoms with E-state index in [0.717, 1.165) is 13.1 Å². The van der Waals surface area contributed by atoms with Crippen LogP contribution >= 0.6 is 0 Å². The van der Waals surface area contributed by atoms with Crippen LogP contribution in [-0.2, 0) is 13.1 Å². The van der Waals surface area contributed by atoms with Gasteiger partial charge in [0.2, 0.25) is 0 Å². The van der Waals surface area contributed by atoms with Crippen LogP contribution in [0.3, 0.4) is 0 Å². The Hall–Kier alpha value is -4.04. The molecule has 2 nitrogen and oxygen atoms in total. The minimum atomic E-state index is 0.849. The third-order valence-corrected chi connectivity index (χ3v) is 6.88. The highest BCUT2D eigenvalue weighted by atomic mass is 15.0. The Labute approximate surface area is 200 Å². The summed E-state index contributed by atoms with van der Waals surface area (Å²) in [6.45, 7) is 6.15. The topological polar surface area (TPSA) is 9.86 Å². The van der Waals surface area contributed by atoms with E-state index in [1.807, 2.05) is 0 Å².